The molecule has 0 atom stereocenters. The Kier molecular flexibility index (Phi) is 4.15. The van der Waals surface area contributed by atoms with E-state index in [0.717, 1.165) is 10.5 Å². The number of nitrogens with one attached hydrogen (secondary N) is 1. The zero-order valence-electron chi connectivity index (χ0n) is 11.7. The minimum atomic E-state index is -0.184. The number of benzene rings is 1. The normalized spacial score (nSPS) is 10.4. The van der Waals surface area contributed by atoms with E-state index in [0.29, 0.717) is 16.9 Å². The Morgan fingerprint density at radius 1 is 1.14 bits per heavy atom. The van der Waals surface area contributed by atoms with Crippen LogP contribution in [0.25, 0.3) is 11.5 Å². The van der Waals surface area contributed by atoms with Crippen molar-refractivity contribution < 1.29 is 9.21 Å². The number of carbonyl (C=O) groups is 1. The maximum atomic E-state index is 11.2. The highest BCUT2D eigenvalue weighted by molar-refractivity contribution is 7.99. The van der Waals surface area contributed by atoms with Gasteiger partial charge >= 0.3 is 0 Å². The van der Waals surface area contributed by atoms with E-state index in [-0.39, 0.29) is 5.91 Å². The molecule has 0 aliphatic heterocycles. The Hall–Kier alpha value is -2.67. The highest BCUT2D eigenvalue weighted by Gasteiger charge is 2.13. The molecule has 0 fully saturated rings. The van der Waals surface area contributed by atoms with E-state index >= 15 is 0 Å². The maximum Gasteiger partial charge on any atom is 0.281 e. The van der Waals surface area contributed by atoms with Gasteiger partial charge in [-0.15, -0.1) is 10.2 Å². The lowest BCUT2D eigenvalue weighted by Gasteiger charge is -2.05. The van der Waals surface area contributed by atoms with E-state index in [9.17, 15) is 4.79 Å². The number of rotatable bonds is 4. The average Bonchev–Trinajstić information content (AvgIpc) is 2.98. The predicted octanol–water partition coefficient (Wildman–Crippen LogP) is 3.24. The lowest BCUT2D eigenvalue weighted by Crippen LogP contribution is -2.08. The Morgan fingerprint density at radius 3 is 2.73 bits per heavy atom. The third-order valence-electron chi connectivity index (χ3n) is 2.69. The van der Waals surface area contributed by atoms with Crippen LogP contribution in [0.2, 0.25) is 0 Å². The number of aromatic nitrogens is 3. The smallest absolute Gasteiger partial charge is 0.281 e. The number of carbonyl (C=O) groups excluding carboxylic acids is 1. The van der Waals surface area contributed by atoms with Crippen LogP contribution in [0.5, 0.6) is 0 Å². The molecule has 0 aliphatic carbocycles. The highest BCUT2D eigenvalue weighted by atomic mass is 32.2. The summed E-state index contributed by atoms with van der Waals surface area (Å²) < 4.78 is 5.63. The molecule has 110 valence electrons. The van der Waals surface area contributed by atoms with E-state index in [2.05, 4.69) is 20.5 Å². The zero-order valence-corrected chi connectivity index (χ0v) is 12.5. The minimum Gasteiger partial charge on any atom is -0.411 e. The van der Waals surface area contributed by atoms with Gasteiger partial charge < -0.3 is 9.73 Å². The molecule has 2 aromatic heterocycles. The SMILES string of the molecule is CC(=O)Nc1ncccc1Sc1nnc(-c2ccccc2)o1. The summed E-state index contributed by atoms with van der Waals surface area (Å²) in [6, 6.07) is 13.1. The van der Waals surface area contributed by atoms with Gasteiger partial charge in [0, 0.05) is 18.7 Å². The number of anilines is 1. The van der Waals surface area contributed by atoms with Gasteiger partial charge in [-0.05, 0) is 36.0 Å². The monoisotopic (exact) mass is 312 g/mol. The molecule has 6 nitrogen and oxygen atoms in total. The zero-order chi connectivity index (χ0) is 15.4. The molecule has 3 rings (SSSR count). The van der Waals surface area contributed by atoms with Crippen LogP contribution in [0.4, 0.5) is 5.82 Å². The van der Waals surface area contributed by atoms with Crippen LogP contribution in [0.15, 0.2) is 63.2 Å². The Morgan fingerprint density at radius 2 is 1.95 bits per heavy atom. The van der Waals surface area contributed by atoms with Crippen molar-refractivity contribution in [3.8, 4) is 11.5 Å². The first kappa shape index (κ1) is 14.3. The number of nitrogens with zero attached hydrogens (tertiary/aromatic N) is 3. The van der Waals surface area contributed by atoms with Crippen molar-refractivity contribution in [2.24, 2.45) is 0 Å². The second-order valence-corrected chi connectivity index (χ2v) is 5.37. The second-order valence-electron chi connectivity index (χ2n) is 4.37. The maximum absolute atomic E-state index is 11.2. The predicted molar refractivity (Wildman–Crippen MR) is 82.4 cm³/mol. The third kappa shape index (κ3) is 3.32. The summed E-state index contributed by atoms with van der Waals surface area (Å²) in [5.41, 5.74) is 0.857. The fourth-order valence-corrected chi connectivity index (χ4v) is 2.51. The van der Waals surface area contributed by atoms with Crippen molar-refractivity contribution in [2.75, 3.05) is 5.32 Å². The van der Waals surface area contributed by atoms with Gasteiger partial charge in [0.15, 0.2) is 0 Å². The van der Waals surface area contributed by atoms with Gasteiger partial charge in [-0.25, -0.2) is 4.98 Å². The number of pyridine rings is 1. The molecule has 1 amide bonds. The minimum absolute atomic E-state index is 0.184. The molecule has 0 aliphatic rings. The van der Waals surface area contributed by atoms with Gasteiger partial charge in [0.05, 0.1) is 4.90 Å². The van der Waals surface area contributed by atoms with Crippen LogP contribution >= 0.6 is 11.8 Å². The number of hydrogen-bond acceptors (Lipinski definition) is 6. The number of hydrogen-bond donors (Lipinski definition) is 1. The lowest BCUT2D eigenvalue weighted by atomic mass is 10.2. The molecule has 0 spiro atoms. The Balaban J connectivity index is 1.83. The first-order valence-corrected chi connectivity index (χ1v) is 7.33. The molecule has 22 heavy (non-hydrogen) atoms. The molecule has 1 N–H and O–H groups in total. The van der Waals surface area contributed by atoms with E-state index in [1.54, 1.807) is 12.3 Å². The van der Waals surface area contributed by atoms with Crippen molar-refractivity contribution in [3.05, 3.63) is 48.7 Å². The van der Waals surface area contributed by atoms with Crippen molar-refractivity contribution in [2.45, 2.75) is 17.0 Å². The van der Waals surface area contributed by atoms with E-state index in [1.165, 1.54) is 18.7 Å². The van der Waals surface area contributed by atoms with E-state index in [1.807, 2.05) is 36.4 Å². The molecular formula is C15H12N4O2S. The summed E-state index contributed by atoms with van der Waals surface area (Å²) in [5.74, 6) is 0.739. The summed E-state index contributed by atoms with van der Waals surface area (Å²) in [7, 11) is 0. The first-order chi connectivity index (χ1) is 10.7. The van der Waals surface area contributed by atoms with Crippen LogP contribution < -0.4 is 5.32 Å². The van der Waals surface area contributed by atoms with Crippen LogP contribution in [0.3, 0.4) is 0 Å². The topological polar surface area (TPSA) is 80.9 Å². The molecule has 1 aromatic carbocycles. The molecular weight excluding hydrogens is 300 g/mol. The fourth-order valence-electron chi connectivity index (χ4n) is 1.78. The molecule has 0 unspecified atom stereocenters. The molecule has 7 heteroatoms. The summed E-state index contributed by atoms with van der Waals surface area (Å²) in [5, 5.41) is 11.1. The quantitative estimate of drug-likeness (QED) is 0.796. The highest BCUT2D eigenvalue weighted by Crippen LogP contribution is 2.32. The molecule has 2 heterocycles. The van der Waals surface area contributed by atoms with Crippen molar-refractivity contribution >= 4 is 23.5 Å². The average molecular weight is 312 g/mol. The van der Waals surface area contributed by atoms with Gasteiger partial charge in [0.1, 0.15) is 5.82 Å². The Labute approximate surface area is 131 Å². The summed E-state index contributed by atoms with van der Waals surface area (Å²) in [6.45, 7) is 1.43. The van der Waals surface area contributed by atoms with Gasteiger partial charge in [0.2, 0.25) is 11.8 Å². The molecule has 0 saturated carbocycles. The van der Waals surface area contributed by atoms with Crippen molar-refractivity contribution in [1.82, 2.24) is 15.2 Å². The third-order valence-corrected chi connectivity index (χ3v) is 3.58. The van der Waals surface area contributed by atoms with Crippen LogP contribution in [-0.2, 0) is 4.79 Å². The van der Waals surface area contributed by atoms with Crippen LogP contribution in [0.1, 0.15) is 6.92 Å². The summed E-state index contributed by atoms with van der Waals surface area (Å²) in [6.07, 6.45) is 1.61. The van der Waals surface area contributed by atoms with Gasteiger partial charge in [-0.1, -0.05) is 18.2 Å². The summed E-state index contributed by atoms with van der Waals surface area (Å²) in [4.78, 5) is 16.1. The van der Waals surface area contributed by atoms with Crippen molar-refractivity contribution in [3.63, 3.8) is 0 Å². The van der Waals surface area contributed by atoms with Gasteiger partial charge in [-0.3, -0.25) is 4.79 Å². The second kappa shape index (κ2) is 6.40. The largest absolute Gasteiger partial charge is 0.411 e. The molecule has 0 saturated heterocycles. The fraction of sp³-hybridized carbons (Fsp3) is 0.0667. The van der Waals surface area contributed by atoms with E-state index in [4.69, 9.17) is 4.42 Å². The summed E-state index contributed by atoms with van der Waals surface area (Å²) >= 11 is 1.25. The molecule has 0 bridgehead atoms. The number of amides is 1. The van der Waals surface area contributed by atoms with Crippen LogP contribution in [-0.4, -0.2) is 21.1 Å². The lowest BCUT2D eigenvalue weighted by molar-refractivity contribution is -0.114. The standard InChI is InChI=1S/C15H12N4O2S/c1-10(20)17-13-12(8-5-9-16-13)22-15-19-18-14(21-15)11-6-3-2-4-7-11/h2-9H,1H3,(H,16,17,20). The first-order valence-electron chi connectivity index (χ1n) is 6.52. The van der Waals surface area contributed by atoms with E-state index < -0.39 is 0 Å². The van der Waals surface area contributed by atoms with Gasteiger partial charge in [0.25, 0.3) is 5.22 Å². The molecule has 3 aromatic rings. The Bertz CT molecular complexity index is 789. The molecule has 0 radical (unpaired) electrons. The van der Waals surface area contributed by atoms with Crippen LogP contribution in [0, 0.1) is 0 Å². The van der Waals surface area contributed by atoms with Gasteiger partial charge in [-0.2, -0.15) is 0 Å². The van der Waals surface area contributed by atoms with Crippen molar-refractivity contribution in [1.29, 1.82) is 0 Å².